The lowest BCUT2D eigenvalue weighted by Gasteiger charge is -2.26. The maximum absolute atomic E-state index is 13.0. The zero-order valence-electron chi connectivity index (χ0n) is 17.3. The summed E-state index contributed by atoms with van der Waals surface area (Å²) >= 11 is 0. The van der Waals surface area contributed by atoms with Gasteiger partial charge >= 0.3 is 0 Å². The SMILES string of the molecule is CN(Cc1ccc(F)cc1)C(=O)COn1nnc2ccc(S(=O)(=O)N3CCOCC3)cc21. The highest BCUT2D eigenvalue weighted by Crippen LogP contribution is 2.21. The van der Waals surface area contributed by atoms with E-state index in [4.69, 9.17) is 9.57 Å². The number of nitrogens with zero attached hydrogens (tertiary/aromatic N) is 5. The van der Waals surface area contributed by atoms with Crippen LogP contribution in [-0.2, 0) is 26.1 Å². The summed E-state index contributed by atoms with van der Waals surface area (Å²) < 4.78 is 45.4. The summed E-state index contributed by atoms with van der Waals surface area (Å²) in [5.41, 5.74) is 1.53. The molecule has 32 heavy (non-hydrogen) atoms. The van der Waals surface area contributed by atoms with Crippen molar-refractivity contribution in [1.29, 1.82) is 0 Å². The molecule has 170 valence electrons. The van der Waals surface area contributed by atoms with Gasteiger partial charge in [-0.25, -0.2) is 12.8 Å². The molecule has 1 aromatic heterocycles. The van der Waals surface area contributed by atoms with Crippen LogP contribution in [0.5, 0.6) is 0 Å². The second kappa shape index (κ2) is 9.18. The first-order valence-electron chi connectivity index (χ1n) is 9.89. The lowest BCUT2D eigenvalue weighted by atomic mass is 10.2. The van der Waals surface area contributed by atoms with Crippen LogP contribution in [0, 0.1) is 5.82 Å². The van der Waals surface area contributed by atoms with Crippen molar-refractivity contribution in [1.82, 2.24) is 24.4 Å². The number of halogens is 1. The molecule has 3 aromatic rings. The second-order valence-corrected chi connectivity index (χ2v) is 9.22. The first-order valence-corrected chi connectivity index (χ1v) is 11.3. The van der Waals surface area contributed by atoms with Gasteiger partial charge < -0.3 is 14.5 Å². The molecule has 0 aliphatic carbocycles. The van der Waals surface area contributed by atoms with Crippen LogP contribution in [0.2, 0.25) is 0 Å². The molecule has 4 rings (SSSR count). The molecule has 0 N–H and O–H groups in total. The maximum atomic E-state index is 13.0. The Balaban J connectivity index is 1.45. The van der Waals surface area contributed by atoms with Crippen molar-refractivity contribution in [2.45, 2.75) is 11.4 Å². The van der Waals surface area contributed by atoms with Crippen molar-refractivity contribution in [2.24, 2.45) is 0 Å². The first kappa shape index (κ1) is 22.1. The number of hydrogen-bond acceptors (Lipinski definition) is 7. The largest absolute Gasteiger partial charge is 0.385 e. The van der Waals surface area contributed by atoms with Crippen LogP contribution in [0.1, 0.15) is 5.56 Å². The van der Waals surface area contributed by atoms with Crippen molar-refractivity contribution < 1.29 is 27.2 Å². The van der Waals surface area contributed by atoms with Crippen LogP contribution in [0.15, 0.2) is 47.4 Å². The number of aromatic nitrogens is 3. The highest BCUT2D eigenvalue weighted by atomic mass is 32.2. The van der Waals surface area contributed by atoms with Crippen molar-refractivity contribution in [3.63, 3.8) is 0 Å². The Morgan fingerprint density at radius 2 is 1.91 bits per heavy atom. The molecule has 12 heteroatoms. The Bertz CT molecular complexity index is 1210. The number of benzene rings is 2. The monoisotopic (exact) mass is 463 g/mol. The number of amides is 1. The number of carbonyl (C=O) groups is 1. The van der Waals surface area contributed by atoms with Gasteiger partial charge in [0.25, 0.3) is 5.91 Å². The van der Waals surface area contributed by atoms with Crippen molar-refractivity contribution >= 4 is 27.0 Å². The van der Waals surface area contributed by atoms with Crippen molar-refractivity contribution in [3.8, 4) is 0 Å². The predicted molar refractivity (Wildman–Crippen MR) is 111 cm³/mol. The normalized spacial score (nSPS) is 15.1. The molecule has 2 heterocycles. The summed E-state index contributed by atoms with van der Waals surface area (Å²) in [5, 5.41) is 7.81. The minimum absolute atomic E-state index is 0.0822. The molecule has 0 saturated carbocycles. The average molecular weight is 463 g/mol. The van der Waals surface area contributed by atoms with E-state index in [1.165, 1.54) is 39.5 Å². The van der Waals surface area contributed by atoms with Gasteiger partial charge in [0.2, 0.25) is 10.0 Å². The molecular formula is C20H22FN5O5S. The Kier molecular flexibility index (Phi) is 6.35. The van der Waals surface area contributed by atoms with Crippen LogP contribution in [-0.4, -0.2) is 78.6 Å². The predicted octanol–water partition coefficient (Wildman–Crippen LogP) is 0.679. The van der Waals surface area contributed by atoms with Gasteiger partial charge in [0, 0.05) is 26.7 Å². The van der Waals surface area contributed by atoms with E-state index in [9.17, 15) is 17.6 Å². The van der Waals surface area contributed by atoms with E-state index >= 15 is 0 Å². The molecule has 0 radical (unpaired) electrons. The summed E-state index contributed by atoms with van der Waals surface area (Å²) in [6.07, 6.45) is 0. The van der Waals surface area contributed by atoms with E-state index in [2.05, 4.69) is 10.3 Å². The number of carbonyl (C=O) groups excluding carboxylic acids is 1. The highest BCUT2D eigenvalue weighted by molar-refractivity contribution is 7.89. The zero-order chi connectivity index (χ0) is 22.7. The molecule has 1 aliphatic heterocycles. The lowest BCUT2D eigenvalue weighted by Crippen LogP contribution is -2.40. The third-order valence-corrected chi connectivity index (χ3v) is 6.96. The minimum Gasteiger partial charge on any atom is -0.385 e. The molecule has 1 amide bonds. The van der Waals surface area contributed by atoms with Crippen molar-refractivity contribution in [3.05, 3.63) is 53.8 Å². The fraction of sp³-hybridized carbons (Fsp3) is 0.350. The minimum atomic E-state index is -3.70. The van der Waals surface area contributed by atoms with Gasteiger partial charge in [-0.15, -0.1) is 5.10 Å². The summed E-state index contributed by atoms with van der Waals surface area (Å²) in [7, 11) is -2.10. The molecule has 0 unspecified atom stereocenters. The number of hydrogen-bond donors (Lipinski definition) is 0. The molecule has 1 saturated heterocycles. The molecule has 1 aliphatic rings. The van der Waals surface area contributed by atoms with Gasteiger partial charge in [0.05, 0.1) is 18.1 Å². The van der Waals surface area contributed by atoms with Crippen LogP contribution in [0.25, 0.3) is 11.0 Å². The molecule has 0 atom stereocenters. The smallest absolute Gasteiger partial charge is 0.263 e. The van der Waals surface area contributed by atoms with Gasteiger partial charge in [-0.05, 0) is 41.1 Å². The third kappa shape index (κ3) is 4.71. The van der Waals surface area contributed by atoms with E-state index in [-0.39, 0.29) is 42.9 Å². The molecule has 0 bridgehead atoms. The topological polar surface area (TPSA) is 107 Å². The van der Waals surface area contributed by atoms with E-state index in [0.717, 1.165) is 10.4 Å². The zero-order valence-corrected chi connectivity index (χ0v) is 18.2. The number of likely N-dealkylation sites (N-methyl/N-ethyl adjacent to an activating group) is 1. The van der Waals surface area contributed by atoms with E-state index in [1.54, 1.807) is 19.2 Å². The van der Waals surface area contributed by atoms with Crippen molar-refractivity contribution in [2.75, 3.05) is 40.0 Å². The molecule has 2 aromatic carbocycles. The molecular weight excluding hydrogens is 441 g/mol. The lowest BCUT2D eigenvalue weighted by molar-refractivity contribution is -0.136. The summed E-state index contributed by atoms with van der Waals surface area (Å²) in [4.78, 5) is 20.5. The van der Waals surface area contributed by atoms with Gasteiger partial charge in [-0.2, -0.15) is 4.31 Å². The number of morpholine rings is 1. The summed E-state index contributed by atoms with van der Waals surface area (Å²) in [5.74, 6) is -0.686. The number of rotatable bonds is 7. The van der Waals surface area contributed by atoms with E-state index in [0.29, 0.717) is 24.2 Å². The Hall–Kier alpha value is -3.09. The van der Waals surface area contributed by atoms with Gasteiger partial charge in [-0.3, -0.25) is 4.79 Å². The maximum Gasteiger partial charge on any atom is 0.263 e. The van der Waals surface area contributed by atoms with E-state index < -0.39 is 10.0 Å². The first-order chi connectivity index (χ1) is 15.3. The summed E-state index contributed by atoms with van der Waals surface area (Å²) in [6, 6.07) is 10.3. The number of ether oxygens (including phenoxy) is 1. The summed E-state index contributed by atoms with van der Waals surface area (Å²) in [6.45, 7) is 1.20. The fourth-order valence-electron chi connectivity index (χ4n) is 3.25. The van der Waals surface area contributed by atoms with E-state index in [1.807, 2.05) is 0 Å². The highest BCUT2D eigenvalue weighted by Gasteiger charge is 2.27. The van der Waals surface area contributed by atoms with Crippen LogP contribution in [0.4, 0.5) is 4.39 Å². The Labute approximate surface area is 184 Å². The molecule has 10 nitrogen and oxygen atoms in total. The number of fused-ring (bicyclic) bond motifs is 1. The Morgan fingerprint density at radius 1 is 1.19 bits per heavy atom. The van der Waals surface area contributed by atoms with Gasteiger partial charge in [0.15, 0.2) is 6.61 Å². The van der Waals surface area contributed by atoms with Gasteiger partial charge in [0.1, 0.15) is 16.9 Å². The average Bonchev–Trinajstić information content (AvgIpc) is 3.21. The van der Waals surface area contributed by atoms with Crippen LogP contribution in [0.3, 0.4) is 0 Å². The van der Waals surface area contributed by atoms with Gasteiger partial charge in [-0.1, -0.05) is 17.0 Å². The quantitative estimate of drug-likeness (QED) is 0.507. The van der Waals surface area contributed by atoms with Crippen LogP contribution >= 0.6 is 0 Å². The second-order valence-electron chi connectivity index (χ2n) is 7.28. The van der Waals surface area contributed by atoms with Crippen LogP contribution < -0.4 is 4.84 Å². The number of sulfonamides is 1. The Morgan fingerprint density at radius 3 is 2.62 bits per heavy atom. The fourth-order valence-corrected chi connectivity index (χ4v) is 4.68. The standard InChI is InChI=1S/C20H22FN5O5S/c1-24(13-15-2-4-16(21)5-3-15)20(27)14-31-26-19-12-17(6-7-18(19)22-23-26)32(28,29)25-8-10-30-11-9-25/h2-7,12H,8-11,13-14H2,1H3. The molecule has 0 spiro atoms. The third-order valence-electron chi connectivity index (χ3n) is 5.06. The molecule has 1 fully saturated rings.